The van der Waals surface area contributed by atoms with Gasteiger partial charge in [-0.3, -0.25) is 19.8 Å². The van der Waals surface area contributed by atoms with Gasteiger partial charge in [0.15, 0.2) is 16.6 Å². The zero-order valence-corrected chi connectivity index (χ0v) is 18.5. The summed E-state index contributed by atoms with van der Waals surface area (Å²) in [5, 5.41) is 2.54. The minimum absolute atomic E-state index is 0.0288. The highest BCUT2D eigenvalue weighted by Crippen LogP contribution is 2.35. The number of halogens is 2. The second-order valence-corrected chi connectivity index (χ2v) is 7.68. The summed E-state index contributed by atoms with van der Waals surface area (Å²) < 4.78 is 25.0. The third-order valence-corrected chi connectivity index (χ3v) is 5.34. The summed E-state index contributed by atoms with van der Waals surface area (Å²) in [6.45, 7) is 0.232. The summed E-state index contributed by atoms with van der Waals surface area (Å²) in [5.41, 5.74) is 1.37. The van der Waals surface area contributed by atoms with Gasteiger partial charge < -0.3 is 9.47 Å². The van der Waals surface area contributed by atoms with Crippen molar-refractivity contribution in [2.45, 2.75) is 6.61 Å². The van der Waals surface area contributed by atoms with Gasteiger partial charge in [-0.2, -0.15) is 0 Å². The van der Waals surface area contributed by atoms with E-state index in [0.717, 1.165) is 9.13 Å². The Bertz CT molecular complexity index is 1020. The van der Waals surface area contributed by atoms with Gasteiger partial charge in [0.25, 0.3) is 11.8 Å². The molecule has 1 saturated heterocycles. The molecule has 0 unspecified atom stereocenters. The largest absolute Gasteiger partial charge is 0.493 e. The molecule has 1 fully saturated rings. The highest BCUT2D eigenvalue weighted by Gasteiger charge is 2.30. The van der Waals surface area contributed by atoms with Crippen LogP contribution in [0.4, 0.5) is 4.39 Å². The molecule has 0 aliphatic carbocycles. The predicted molar refractivity (Wildman–Crippen MR) is 118 cm³/mol. The average Bonchev–Trinajstić information content (AvgIpc) is 2.69. The van der Waals surface area contributed by atoms with Crippen LogP contribution < -0.4 is 14.8 Å². The van der Waals surface area contributed by atoms with Gasteiger partial charge >= 0.3 is 0 Å². The van der Waals surface area contributed by atoms with Crippen molar-refractivity contribution < 1.29 is 23.5 Å². The lowest BCUT2D eigenvalue weighted by atomic mass is 10.1. The minimum Gasteiger partial charge on any atom is -0.493 e. The normalized spacial score (nSPS) is 15.5. The van der Waals surface area contributed by atoms with Crippen LogP contribution in [0.1, 0.15) is 11.1 Å². The standard InChI is InChI=1S/C20H16FIN2O4S/c1-24-19(26)14(18(25)23-20(24)29)7-12-8-15(22)17(16(9-12)27-2)28-10-11-3-5-13(21)6-4-11/h3-9H,10H2,1-2H3,(H,23,25,29)/b14-7+. The summed E-state index contributed by atoms with van der Waals surface area (Å²) in [4.78, 5) is 25.7. The molecule has 0 radical (unpaired) electrons. The number of carbonyl (C=O) groups excluding carboxylic acids is 2. The van der Waals surface area contributed by atoms with Gasteiger partial charge in [0.1, 0.15) is 18.0 Å². The van der Waals surface area contributed by atoms with Gasteiger partial charge in [-0.1, -0.05) is 12.1 Å². The maximum absolute atomic E-state index is 13.0. The van der Waals surface area contributed by atoms with Crippen molar-refractivity contribution in [2.24, 2.45) is 0 Å². The van der Waals surface area contributed by atoms with Crippen molar-refractivity contribution in [3.8, 4) is 11.5 Å². The van der Waals surface area contributed by atoms with Gasteiger partial charge in [-0.15, -0.1) is 0 Å². The molecule has 0 aromatic heterocycles. The first-order valence-electron chi connectivity index (χ1n) is 8.40. The Kier molecular flexibility index (Phi) is 6.48. The Hall–Kier alpha value is -2.53. The summed E-state index contributed by atoms with van der Waals surface area (Å²) in [5.74, 6) is -0.394. The Labute approximate surface area is 185 Å². The summed E-state index contributed by atoms with van der Waals surface area (Å²) in [6, 6.07) is 9.45. The molecule has 150 valence electrons. The van der Waals surface area contributed by atoms with Crippen molar-refractivity contribution in [3.63, 3.8) is 0 Å². The number of carbonyl (C=O) groups is 2. The first-order chi connectivity index (χ1) is 13.8. The summed E-state index contributed by atoms with van der Waals surface area (Å²) >= 11 is 7.03. The maximum Gasteiger partial charge on any atom is 0.265 e. The van der Waals surface area contributed by atoms with E-state index in [1.54, 1.807) is 24.3 Å². The minimum atomic E-state index is -0.552. The van der Waals surface area contributed by atoms with Gasteiger partial charge in [-0.25, -0.2) is 4.39 Å². The van der Waals surface area contributed by atoms with E-state index in [9.17, 15) is 14.0 Å². The quantitative estimate of drug-likeness (QED) is 0.281. The van der Waals surface area contributed by atoms with Crippen molar-refractivity contribution in [3.05, 3.63) is 62.5 Å². The van der Waals surface area contributed by atoms with Crippen LogP contribution in [-0.2, 0) is 16.2 Å². The molecule has 1 aliphatic heterocycles. The SMILES string of the molecule is COc1cc(/C=C2\C(=O)NC(=S)N(C)C2=O)cc(I)c1OCc1ccc(F)cc1. The lowest BCUT2D eigenvalue weighted by Gasteiger charge is -2.25. The number of hydrogen-bond acceptors (Lipinski definition) is 5. The van der Waals surface area contributed by atoms with Gasteiger partial charge in [0, 0.05) is 7.05 Å². The molecule has 2 aromatic carbocycles. The molecular formula is C20H16FIN2O4S. The van der Waals surface area contributed by atoms with E-state index < -0.39 is 11.8 Å². The highest BCUT2D eigenvalue weighted by molar-refractivity contribution is 14.1. The number of ether oxygens (including phenoxy) is 2. The van der Waals surface area contributed by atoms with Gasteiger partial charge in [0.05, 0.1) is 10.7 Å². The van der Waals surface area contributed by atoms with Crippen molar-refractivity contribution in [2.75, 3.05) is 14.2 Å². The number of rotatable bonds is 5. The van der Waals surface area contributed by atoms with Gasteiger partial charge in [0.2, 0.25) is 0 Å². The Morgan fingerprint density at radius 2 is 1.93 bits per heavy atom. The highest BCUT2D eigenvalue weighted by atomic mass is 127. The Morgan fingerprint density at radius 1 is 1.24 bits per heavy atom. The molecular weight excluding hydrogens is 510 g/mol. The molecule has 2 aromatic rings. The lowest BCUT2D eigenvalue weighted by Crippen LogP contribution is -2.52. The van der Waals surface area contributed by atoms with E-state index >= 15 is 0 Å². The number of nitrogens with one attached hydrogen (secondary N) is 1. The van der Waals surface area contributed by atoms with Crippen LogP contribution in [-0.4, -0.2) is 36.0 Å². The lowest BCUT2D eigenvalue weighted by molar-refractivity contribution is -0.128. The smallest absolute Gasteiger partial charge is 0.265 e. The van der Waals surface area contributed by atoms with Gasteiger partial charge in [-0.05, 0) is 76.3 Å². The van der Waals surface area contributed by atoms with E-state index in [1.807, 2.05) is 0 Å². The molecule has 9 heteroatoms. The van der Waals surface area contributed by atoms with Crippen LogP contribution in [0, 0.1) is 9.39 Å². The molecule has 0 spiro atoms. The topological polar surface area (TPSA) is 67.9 Å². The summed E-state index contributed by atoms with van der Waals surface area (Å²) in [6.07, 6.45) is 1.48. The van der Waals surface area contributed by atoms with Crippen molar-refractivity contribution >= 4 is 57.8 Å². The second-order valence-electron chi connectivity index (χ2n) is 6.13. The first kappa shape index (κ1) is 21.2. The van der Waals surface area contributed by atoms with E-state index in [-0.39, 0.29) is 23.1 Å². The van der Waals surface area contributed by atoms with Crippen LogP contribution in [0.2, 0.25) is 0 Å². The third-order valence-electron chi connectivity index (χ3n) is 4.16. The van der Waals surface area contributed by atoms with Crippen LogP contribution in [0.5, 0.6) is 11.5 Å². The number of benzene rings is 2. The number of thiocarbonyl (C=S) groups is 1. The zero-order valence-electron chi connectivity index (χ0n) is 15.5. The Morgan fingerprint density at radius 3 is 2.59 bits per heavy atom. The molecule has 1 heterocycles. The number of methoxy groups -OCH3 is 1. The molecule has 0 atom stereocenters. The molecule has 1 N–H and O–H groups in total. The average molecular weight is 526 g/mol. The third kappa shape index (κ3) is 4.73. The fourth-order valence-corrected chi connectivity index (χ4v) is 3.57. The number of hydrogen-bond donors (Lipinski definition) is 1. The molecule has 6 nitrogen and oxygen atoms in total. The predicted octanol–water partition coefficient (Wildman–Crippen LogP) is 3.27. The van der Waals surface area contributed by atoms with E-state index in [1.165, 1.54) is 37.3 Å². The zero-order chi connectivity index (χ0) is 21.1. The number of amides is 2. The van der Waals surface area contributed by atoms with Crippen molar-refractivity contribution in [1.82, 2.24) is 10.2 Å². The van der Waals surface area contributed by atoms with Crippen molar-refractivity contribution in [1.29, 1.82) is 0 Å². The number of nitrogens with zero attached hydrogens (tertiary/aromatic N) is 1. The molecule has 0 bridgehead atoms. The van der Waals surface area contributed by atoms with E-state index in [2.05, 4.69) is 27.9 Å². The van der Waals surface area contributed by atoms with Crippen LogP contribution in [0.15, 0.2) is 42.0 Å². The fourth-order valence-electron chi connectivity index (χ4n) is 2.61. The Balaban J connectivity index is 1.88. The molecule has 0 saturated carbocycles. The second kappa shape index (κ2) is 8.87. The van der Waals surface area contributed by atoms with E-state index in [0.29, 0.717) is 17.1 Å². The van der Waals surface area contributed by atoms with Crippen LogP contribution >= 0.6 is 34.8 Å². The monoisotopic (exact) mass is 526 g/mol. The molecule has 3 rings (SSSR count). The fraction of sp³-hybridized carbons (Fsp3) is 0.150. The first-order valence-corrected chi connectivity index (χ1v) is 9.88. The van der Waals surface area contributed by atoms with E-state index in [4.69, 9.17) is 21.7 Å². The molecule has 29 heavy (non-hydrogen) atoms. The van der Waals surface area contributed by atoms with Crippen LogP contribution in [0.25, 0.3) is 6.08 Å². The number of likely N-dealkylation sites (N-methyl/N-ethyl adjacent to an activating group) is 1. The molecule has 2 amide bonds. The molecule has 1 aliphatic rings. The summed E-state index contributed by atoms with van der Waals surface area (Å²) in [7, 11) is 2.99. The van der Waals surface area contributed by atoms with Crippen LogP contribution in [0.3, 0.4) is 0 Å². The maximum atomic E-state index is 13.0.